The molecule has 0 spiro atoms. The van der Waals surface area contributed by atoms with Crippen LogP contribution in [0.3, 0.4) is 0 Å². The molecule has 0 bridgehead atoms. The van der Waals surface area contributed by atoms with Crippen LogP contribution in [0.5, 0.6) is 0 Å². The van der Waals surface area contributed by atoms with Gasteiger partial charge in [-0.05, 0) is 19.3 Å². The summed E-state index contributed by atoms with van der Waals surface area (Å²) in [5.74, 6) is 0.914. The molecule has 1 N–H and O–H groups in total. The number of ether oxygens (including phenoxy) is 1. The smallest absolute Gasteiger partial charge is 0.129 e. The highest BCUT2D eigenvalue weighted by molar-refractivity contribution is 5.36. The standard InChI is InChI=1S/C10H15N3O/c1-14-6-9-5-10(12-7-11-9)13-8-3-2-4-8/h5,7-8H,2-4,6H2,1H3,(H,11,12,13). The molecule has 0 aromatic carbocycles. The summed E-state index contributed by atoms with van der Waals surface area (Å²) in [6, 6.07) is 2.56. The Morgan fingerprint density at radius 2 is 2.36 bits per heavy atom. The van der Waals surface area contributed by atoms with E-state index in [1.807, 2.05) is 6.07 Å². The van der Waals surface area contributed by atoms with Crippen molar-refractivity contribution < 1.29 is 4.74 Å². The molecule has 0 radical (unpaired) electrons. The molecule has 1 saturated carbocycles. The Morgan fingerprint density at radius 3 is 3.00 bits per heavy atom. The van der Waals surface area contributed by atoms with Crippen LogP contribution in [0.1, 0.15) is 25.0 Å². The zero-order chi connectivity index (χ0) is 9.80. The summed E-state index contributed by atoms with van der Waals surface area (Å²) in [4.78, 5) is 8.27. The maximum absolute atomic E-state index is 5.01. The second-order valence-electron chi connectivity index (χ2n) is 3.60. The van der Waals surface area contributed by atoms with Gasteiger partial charge in [0.05, 0.1) is 12.3 Å². The molecule has 76 valence electrons. The number of nitrogens with one attached hydrogen (secondary N) is 1. The summed E-state index contributed by atoms with van der Waals surface area (Å²) < 4.78 is 5.01. The van der Waals surface area contributed by atoms with E-state index in [1.165, 1.54) is 19.3 Å². The molecule has 1 aromatic heterocycles. The fourth-order valence-electron chi connectivity index (χ4n) is 1.47. The molecule has 0 unspecified atom stereocenters. The van der Waals surface area contributed by atoms with Gasteiger partial charge in [0.25, 0.3) is 0 Å². The highest BCUT2D eigenvalue weighted by Gasteiger charge is 2.17. The van der Waals surface area contributed by atoms with Gasteiger partial charge in [0, 0.05) is 19.2 Å². The maximum Gasteiger partial charge on any atom is 0.129 e. The first-order valence-corrected chi connectivity index (χ1v) is 4.95. The van der Waals surface area contributed by atoms with Gasteiger partial charge in [0.2, 0.25) is 0 Å². The zero-order valence-electron chi connectivity index (χ0n) is 8.36. The summed E-state index contributed by atoms with van der Waals surface area (Å²) in [5, 5.41) is 3.37. The molecular weight excluding hydrogens is 178 g/mol. The number of nitrogens with zero attached hydrogens (tertiary/aromatic N) is 2. The Labute approximate surface area is 83.7 Å². The normalized spacial score (nSPS) is 16.4. The number of aromatic nitrogens is 2. The van der Waals surface area contributed by atoms with Gasteiger partial charge < -0.3 is 10.1 Å². The number of anilines is 1. The van der Waals surface area contributed by atoms with Crippen molar-refractivity contribution in [3.63, 3.8) is 0 Å². The molecule has 4 nitrogen and oxygen atoms in total. The van der Waals surface area contributed by atoms with Gasteiger partial charge in [-0.3, -0.25) is 0 Å². The van der Waals surface area contributed by atoms with Gasteiger partial charge in [0.1, 0.15) is 12.1 Å². The highest BCUT2D eigenvalue weighted by atomic mass is 16.5. The largest absolute Gasteiger partial charge is 0.378 e. The van der Waals surface area contributed by atoms with Gasteiger partial charge in [-0.2, -0.15) is 0 Å². The quantitative estimate of drug-likeness (QED) is 0.788. The lowest BCUT2D eigenvalue weighted by Crippen LogP contribution is -2.27. The van der Waals surface area contributed by atoms with Crippen LogP contribution >= 0.6 is 0 Å². The molecule has 1 aliphatic rings. The number of rotatable bonds is 4. The van der Waals surface area contributed by atoms with Gasteiger partial charge in [-0.15, -0.1) is 0 Å². The fraction of sp³-hybridized carbons (Fsp3) is 0.600. The SMILES string of the molecule is COCc1cc(NC2CCC2)ncn1. The van der Waals surface area contributed by atoms with Crippen LogP contribution in [0.25, 0.3) is 0 Å². The first-order valence-electron chi connectivity index (χ1n) is 4.95. The van der Waals surface area contributed by atoms with E-state index in [1.54, 1.807) is 13.4 Å². The second kappa shape index (κ2) is 4.37. The van der Waals surface area contributed by atoms with Gasteiger partial charge >= 0.3 is 0 Å². The van der Waals surface area contributed by atoms with E-state index in [9.17, 15) is 0 Å². The Balaban J connectivity index is 1.97. The molecule has 0 amide bonds. The number of hydrogen-bond donors (Lipinski definition) is 1. The third kappa shape index (κ3) is 2.20. The van der Waals surface area contributed by atoms with Crippen LogP contribution in [0.4, 0.5) is 5.82 Å². The van der Waals surface area contributed by atoms with Crippen LogP contribution in [-0.4, -0.2) is 23.1 Å². The molecule has 1 fully saturated rings. The summed E-state index contributed by atoms with van der Waals surface area (Å²) in [6.45, 7) is 0.544. The van der Waals surface area contributed by atoms with E-state index < -0.39 is 0 Å². The molecule has 0 aliphatic heterocycles. The predicted octanol–water partition coefficient (Wildman–Crippen LogP) is 1.59. The molecule has 1 aromatic rings. The van der Waals surface area contributed by atoms with Crippen molar-refractivity contribution in [2.75, 3.05) is 12.4 Å². The topological polar surface area (TPSA) is 47.0 Å². The third-order valence-corrected chi connectivity index (χ3v) is 2.47. The number of hydrogen-bond acceptors (Lipinski definition) is 4. The highest BCUT2D eigenvalue weighted by Crippen LogP contribution is 2.22. The van der Waals surface area contributed by atoms with Crippen LogP contribution in [0.15, 0.2) is 12.4 Å². The molecule has 4 heteroatoms. The number of methoxy groups -OCH3 is 1. The van der Waals surface area contributed by atoms with E-state index in [0.29, 0.717) is 12.6 Å². The lowest BCUT2D eigenvalue weighted by molar-refractivity contribution is 0.181. The third-order valence-electron chi connectivity index (χ3n) is 2.47. The second-order valence-corrected chi connectivity index (χ2v) is 3.60. The van der Waals surface area contributed by atoms with Gasteiger partial charge in [-0.25, -0.2) is 9.97 Å². The summed E-state index contributed by atoms with van der Waals surface area (Å²) in [7, 11) is 1.67. The maximum atomic E-state index is 5.01. The van der Waals surface area contributed by atoms with E-state index in [4.69, 9.17) is 4.74 Å². The Morgan fingerprint density at radius 1 is 1.50 bits per heavy atom. The average molecular weight is 193 g/mol. The van der Waals surface area contributed by atoms with E-state index >= 15 is 0 Å². The lowest BCUT2D eigenvalue weighted by Gasteiger charge is -2.26. The van der Waals surface area contributed by atoms with Crippen molar-refractivity contribution in [3.05, 3.63) is 18.1 Å². The zero-order valence-corrected chi connectivity index (χ0v) is 8.36. The van der Waals surface area contributed by atoms with Crippen molar-refractivity contribution in [2.45, 2.75) is 31.9 Å². The van der Waals surface area contributed by atoms with Crippen LogP contribution in [0.2, 0.25) is 0 Å². The molecule has 1 aliphatic carbocycles. The molecule has 0 atom stereocenters. The molecule has 2 rings (SSSR count). The molecular formula is C10H15N3O. The van der Waals surface area contributed by atoms with E-state index in [2.05, 4.69) is 15.3 Å². The van der Waals surface area contributed by atoms with E-state index in [0.717, 1.165) is 11.5 Å². The van der Waals surface area contributed by atoms with Crippen molar-refractivity contribution in [1.29, 1.82) is 0 Å². The van der Waals surface area contributed by atoms with Crippen molar-refractivity contribution in [2.24, 2.45) is 0 Å². The average Bonchev–Trinajstić information content (AvgIpc) is 2.13. The van der Waals surface area contributed by atoms with Gasteiger partial charge in [0.15, 0.2) is 0 Å². The first kappa shape index (κ1) is 9.40. The summed E-state index contributed by atoms with van der Waals surface area (Å²) >= 11 is 0. The van der Waals surface area contributed by atoms with Crippen LogP contribution < -0.4 is 5.32 Å². The molecule has 1 heterocycles. The Kier molecular flexibility index (Phi) is 2.93. The van der Waals surface area contributed by atoms with Crippen molar-refractivity contribution in [1.82, 2.24) is 9.97 Å². The summed E-state index contributed by atoms with van der Waals surface area (Å²) in [6.07, 6.45) is 5.41. The molecule has 14 heavy (non-hydrogen) atoms. The fourth-order valence-corrected chi connectivity index (χ4v) is 1.47. The minimum absolute atomic E-state index is 0.544. The molecule has 0 saturated heterocycles. The predicted molar refractivity (Wildman–Crippen MR) is 54.0 cm³/mol. The first-order chi connectivity index (χ1) is 6.88. The van der Waals surface area contributed by atoms with Gasteiger partial charge in [-0.1, -0.05) is 0 Å². The monoisotopic (exact) mass is 193 g/mol. The van der Waals surface area contributed by atoms with Crippen LogP contribution in [-0.2, 0) is 11.3 Å². The Hall–Kier alpha value is -1.16. The lowest BCUT2D eigenvalue weighted by atomic mass is 9.93. The van der Waals surface area contributed by atoms with Crippen molar-refractivity contribution >= 4 is 5.82 Å². The van der Waals surface area contributed by atoms with Crippen LogP contribution in [0, 0.1) is 0 Å². The minimum atomic E-state index is 0.544. The summed E-state index contributed by atoms with van der Waals surface area (Å²) in [5.41, 5.74) is 0.921. The van der Waals surface area contributed by atoms with E-state index in [-0.39, 0.29) is 0 Å². The minimum Gasteiger partial charge on any atom is -0.378 e. The van der Waals surface area contributed by atoms with Crippen molar-refractivity contribution in [3.8, 4) is 0 Å². The Bertz CT molecular complexity index is 299.